The molecule has 5 rings (SSSR count). The molecule has 0 radical (unpaired) electrons. The fourth-order valence-electron chi connectivity index (χ4n) is 3.34. The number of hydrogen-bond donors (Lipinski definition) is 3. The van der Waals surface area contributed by atoms with E-state index in [1.54, 1.807) is 24.4 Å². The highest BCUT2D eigenvalue weighted by Gasteiger charge is 2.09. The van der Waals surface area contributed by atoms with E-state index in [0.29, 0.717) is 40.0 Å². The van der Waals surface area contributed by atoms with E-state index in [1.807, 2.05) is 56.3 Å². The monoisotopic (exact) mass is 468 g/mol. The molecule has 34 heavy (non-hydrogen) atoms. The van der Waals surface area contributed by atoms with Crippen LogP contribution >= 0.6 is 11.7 Å². The molecule has 2 aromatic carbocycles. The second-order valence-electron chi connectivity index (χ2n) is 7.65. The minimum Gasteiger partial charge on any atom is -0.340 e. The summed E-state index contributed by atoms with van der Waals surface area (Å²) in [6.45, 7) is 3.84. The summed E-state index contributed by atoms with van der Waals surface area (Å²) in [6, 6.07) is 18.4. The van der Waals surface area contributed by atoms with Gasteiger partial charge in [-0.05, 0) is 74.0 Å². The number of carbonyl (C=O) groups excluding carboxylic acids is 1. The van der Waals surface area contributed by atoms with Gasteiger partial charge in [0.15, 0.2) is 0 Å². The zero-order valence-corrected chi connectivity index (χ0v) is 19.2. The van der Waals surface area contributed by atoms with Crippen LogP contribution in [0.3, 0.4) is 0 Å². The normalized spacial score (nSPS) is 10.8. The van der Waals surface area contributed by atoms with Gasteiger partial charge in [-0.3, -0.25) is 4.79 Å². The molecule has 3 N–H and O–H groups in total. The number of pyridine rings is 1. The van der Waals surface area contributed by atoms with Crippen LogP contribution in [-0.4, -0.2) is 29.6 Å². The molecule has 0 fully saturated rings. The van der Waals surface area contributed by atoms with Gasteiger partial charge in [-0.25, -0.2) is 15.0 Å². The zero-order chi connectivity index (χ0) is 23.5. The quantitative estimate of drug-likeness (QED) is 0.310. The smallest absolute Gasteiger partial charge is 0.255 e. The van der Waals surface area contributed by atoms with Gasteiger partial charge in [-0.15, -0.1) is 0 Å². The van der Waals surface area contributed by atoms with Gasteiger partial charge in [0.25, 0.3) is 5.91 Å². The van der Waals surface area contributed by atoms with Crippen LogP contribution in [0.2, 0.25) is 0 Å². The highest BCUT2D eigenvalue weighted by molar-refractivity contribution is 7.00. The number of anilines is 5. The summed E-state index contributed by atoms with van der Waals surface area (Å²) >= 11 is 1.13. The van der Waals surface area contributed by atoms with Gasteiger partial charge >= 0.3 is 0 Å². The maximum Gasteiger partial charge on any atom is 0.255 e. The summed E-state index contributed by atoms with van der Waals surface area (Å²) in [5.74, 6) is 2.42. The minimum atomic E-state index is -0.206. The van der Waals surface area contributed by atoms with E-state index in [1.165, 1.54) is 0 Å². The van der Waals surface area contributed by atoms with Crippen LogP contribution in [0.5, 0.6) is 0 Å². The predicted octanol–water partition coefficient (Wildman–Crippen LogP) is 5.23. The molecule has 168 valence electrons. The van der Waals surface area contributed by atoms with Crippen molar-refractivity contribution in [1.29, 1.82) is 0 Å². The summed E-state index contributed by atoms with van der Waals surface area (Å²) < 4.78 is 8.34. The first-order chi connectivity index (χ1) is 16.5. The second kappa shape index (κ2) is 9.20. The van der Waals surface area contributed by atoms with E-state index in [-0.39, 0.29) is 5.91 Å². The summed E-state index contributed by atoms with van der Waals surface area (Å²) in [7, 11) is 0. The number of amides is 1. The van der Waals surface area contributed by atoms with Crippen LogP contribution in [-0.2, 0) is 0 Å². The van der Waals surface area contributed by atoms with Gasteiger partial charge in [0.2, 0.25) is 0 Å². The van der Waals surface area contributed by atoms with Crippen LogP contribution in [0.15, 0.2) is 66.9 Å². The van der Waals surface area contributed by atoms with Crippen LogP contribution in [0.1, 0.15) is 21.7 Å². The second-order valence-corrected chi connectivity index (χ2v) is 8.18. The molecule has 0 aliphatic rings. The molecular weight excluding hydrogens is 448 g/mol. The molecule has 0 saturated carbocycles. The summed E-state index contributed by atoms with van der Waals surface area (Å²) in [5, 5.41) is 9.39. The maximum absolute atomic E-state index is 12.6. The van der Waals surface area contributed by atoms with Crippen molar-refractivity contribution in [1.82, 2.24) is 23.7 Å². The fraction of sp³-hybridized carbons (Fsp3) is 0.0833. The van der Waals surface area contributed by atoms with Gasteiger partial charge < -0.3 is 16.0 Å². The van der Waals surface area contributed by atoms with E-state index in [2.05, 4.69) is 39.6 Å². The molecule has 0 bridgehead atoms. The van der Waals surface area contributed by atoms with Gasteiger partial charge in [-0.1, -0.05) is 0 Å². The van der Waals surface area contributed by atoms with Gasteiger partial charge in [0.1, 0.15) is 34.3 Å². The number of carbonyl (C=O) groups is 1. The van der Waals surface area contributed by atoms with Crippen LogP contribution in [0.25, 0.3) is 11.0 Å². The van der Waals surface area contributed by atoms with Crippen LogP contribution in [0, 0.1) is 13.8 Å². The molecular formula is C24H20N8OS. The van der Waals surface area contributed by atoms with E-state index < -0.39 is 0 Å². The first kappa shape index (κ1) is 21.4. The van der Waals surface area contributed by atoms with Crippen molar-refractivity contribution in [3.63, 3.8) is 0 Å². The Hall–Kier alpha value is -4.44. The maximum atomic E-state index is 12.6. The zero-order valence-electron chi connectivity index (χ0n) is 18.4. The Kier molecular flexibility index (Phi) is 5.79. The van der Waals surface area contributed by atoms with E-state index in [4.69, 9.17) is 0 Å². The number of rotatable bonds is 6. The summed E-state index contributed by atoms with van der Waals surface area (Å²) in [4.78, 5) is 25.8. The van der Waals surface area contributed by atoms with Gasteiger partial charge in [-0.2, -0.15) is 8.75 Å². The molecule has 10 heteroatoms. The van der Waals surface area contributed by atoms with Crippen molar-refractivity contribution < 1.29 is 4.79 Å². The topological polar surface area (TPSA) is 118 Å². The summed E-state index contributed by atoms with van der Waals surface area (Å²) in [6.07, 6.45) is 1.75. The van der Waals surface area contributed by atoms with Crippen molar-refractivity contribution in [2.45, 2.75) is 13.8 Å². The lowest BCUT2D eigenvalue weighted by Crippen LogP contribution is -2.11. The highest BCUT2D eigenvalue weighted by Crippen LogP contribution is 2.22. The number of hydrogen-bond acceptors (Lipinski definition) is 9. The fourth-order valence-corrected chi connectivity index (χ4v) is 3.86. The Bertz CT molecular complexity index is 1480. The minimum absolute atomic E-state index is 0.206. The SMILES string of the molecule is Cc1ccnc(Nc2cc(Nc3ccc(NC(=O)c4ccc5nsnc5c4)cc3)nc(C)n2)c1. The molecule has 3 aromatic heterocycles. The van der Waals surface area contributed by atoms with Crippen LogP contribution < -0.4 is 16.0 Å². The summed E-state index contributed by atoms with van der Waals surface area (Å²) in [5.41, 5.74) is 4.63. The van der Waals surface area contributed by atoms with E-state index >= 15 is 0 Å². The third-order valence-corrected chi connectivity index (χ3v) is 5.50. The Morgan fingerprint density at radius 2 is 1.50 bits per heavy atom. The first-order valence-corrected chi connectivity index (χ1v) is 11.2. The third-order valence-electron chi connectivity index (χ3n) is 4.94. The number of nitrogens with zero attached hydrogens (tertiary/aromatic N) is 5. The van der Waals surface area contributed by atoms with E-state index in [0.717, 1.165) is 28.5 Å². The van der Waals surface area contributed by atoms with Crippen molar-refractivity contribution in [2.75, 3.05) is 16.0 Å². The van der Waals surface area contributed by atoms with Crippen molar-refractivity contribution in [2.24, 2.45) is 0 Å². The molecule has 3 heterocycles. The third kappa shape index (κ3) is 4.97. The molecule has 0 unspecified atom stereocenters. The van der Waals surface area contributed by atoms with Gasteiger partial charge in [0, 0.05) is 29.2 Å². The molecule has 0 aliphatic heterocycles. The number of fused-ring (bicyclic) bond motifs is 1. The Morgan fingerprint density at radius 1 is 0.765 bits per heavy atom. The average Bonchev–Trinajstić information content (AvgIpc) is 3.28. The lowest BCUT2D eigenvalue weighted by Gasteiger charge is -2.11. The van der Waals surface area contributed by atoms with E-state index in [9.17, 15) is 4.79 Å². The molecule has 0 saturated heterocycles. The number of aryl methyl sites for hydroxylation is 2. The van der Waals surface area contributed by atoms with Crippen molar-refractivity contribution in [3.05, 3.63) is 83.8 Å². The molecule has 1 amide bonds. The van der Waals surface area contributed by atoms with Gasteiger partial charge in [0.05, 0.1) is 11.7 Å². The molecule has 0 spiro atoms. The number of aromatic nitrogens is 5. The molecule has 0 aliphatic carbocycles. The van der Waals surface area contributed by atoms with Crippen LogP contribution in [0.4, 0.5) is 28.8 Å². The van der Waals surface area contributed by atoms with Crippen molar-refractivity contribution >= 4 is 57.5 Å². The Morgan fingerprint density at radius 3 is 2.29 bits per heavy atom. The standard InChI is InChI=1S/C24H20N8OS/c1-14-9-10-25-21(11-14)30-23-13-22(26-15(2)27-23)28-17-4-6-18(7-5-17)29-24(33)16-3-8-19-20(12-16)32-34-31-19/h3-13H,1-2H3,(H,29,33)(H2,25,26,27,28,30). The lowest BCUT2D eigenvalue weighted by molar-refractivity contribution is 0.102. The largest absolute Gasteiger partial charge is 0.340 e. The highest BCUT2D eigenvalue weighted by atomic mass is 32.1. The van der Waals surface area contributed by atoms with Crippen molar-refractivity contribution in [3.8, 4) is 0 Å². The first-order valence-electron chi connectivity index (χ1n) is 10.5. The number of nitrogens with one attached hydrogen (secondary N) is 3. The predicted molar refractivity (Wildman–Crippen MR) is 134 cm³/mol. The Balaban J connectivity index is 1.26. The number of benzene rings is 2. The Labute approximate surface area is 199 Å². The molecule has 9 nitrogen and oxygen atoms in total. The molecule has 0 atom stereocenters. The molecule has 5 aromatic rings. The average molecular weight is 469 g/mol. The lowest BCUT2D eigenvalue weighted by atomic mass is 10.2.